The van der Waals surface area contributed by atoms with Gasteiger partial charge in [0.05, 0.1) is 0 Å². The highest BCUT2D eigenvalue weighted by atomic mass is 16.1. The molecule has 0 atom stereocenters. The van der Waals surface area contributed by atoms with Crippen LogP contribution in [-0.4, -0.2) is 6.29 Å². The molecular formula is C18H17NO. The Morgan fingerprint density at radius 3 is 2.55 bits per heavy atom. The van der Waals surface area contributed by atoms with Crippen molar-refractivity contribution >= 4 is 23.6 Å². The van der Waals surface area contributed by atoms with Gasteiger partial charge >= 0.3 is 0 Å². The van der Waals surface area contributed by atoms with Gasteiger partial charge in [-0.05, 0) is 41.3 Å². The molecule has 2 aromatic carbocycles. The Kier molecular flexibility index (Phi) is 4.16. The second-order valence-electron chi connectivity index (χ2n) is 4.46. The molecule has 2 N–H and O–H groups in total. The molecule has 0 spiro atoms. The molecule has 0 aromatic heterocycles. The molecule has 0 unspecified atom stereocenters. The summed E-state index contributed by atoms with van der Waals surface area (Å²) < 4.78 is 0. The van der Waals surface area contributed by atoms with Crippen molar-refractivity contribution in [3.8, 4) is 0 Å². The van der Waals surface area contributed by atoms with Crippen molar-refractivity contribution in [1.29, 1.82) is 0 Å². The van der Waals surface area contributed by atoms with Gasteiger partial charge in [-0.25, -0.2) is 0 Å². The van der Waals surface area contributed by atoms with Crippen molar-refractivity contribution in [1.82, 2.24) is 0 Å². The van der Waals surface area contributed by atoms with Gasteiger partial charge < -0.3 is 5.73 Å². The largest absolute Gasteiger partial charge is 0.398 e. The number of allylic oxidation sites excluding steroid dienone is 1. The van der Waals surface area contributed by atoms with Crippen molar-refractivity contribution in [2.45, 2.75) is 6.92 Å². The zero-order chi connectivity index (χ0) is 14.5. The van der Waals surface area contributed by atoms with Crippen molar-refractivity contribution in [3.05, 3.63) is 77.4 Å². The fraction of sp³-hybridized carbons (Fsp3) is 0.0556. The lowest BCUT2D eigenvalue weighted by atomic mass is 9.92. The predicted molar refractivity (Wildman–Crippen MR) is 85.5 cm³/mol. The molecule has 0 bridgehead atoms. The molecule has 2 nitrogen and oxygen atoms in total. The highest BCUT2D eigenvalue weighted by Gasteiger charge is 2.09. The van der Waals surface area contributed by atoms with E-state index in [-0.39, 0.29) is 0 Å². The quantitative estimate of drug-likeness (QED) is 0.664. The van der Waals surface area contributed by atoms with Crippen LogP contribution < -0.4 is 5.73 Å². The zero-order valence-corrected chi connectivity index (χ0v) is 11.5. The monoisotopic (exact) mass is 263 g/mol. The minimum Gasteiger partial charge on any atom is -0.398 e. The van der Waals surface area contributed by atoms with Crippen LogP contribution in [0.15, 0.2) is 55.1 Å². The minimum atomic E-state index is 0.496. The maximum Gasteiger partial charge on any atom is 0.152 e. The van der Waals surface area contributed by atoms with Crippen LogP contribution in [0.4, 0.5) is 5.69 Å². The average molecular weight is 263 g/mol. The standard InChI is InChI=1S/C18H17NO/c1-3-13-7-5-6-8-17(13)16(4-2)14-9-10-18(19)15(11-14)12-20/h3-12H,1,19H2,2H3/b16-4-. The Morgan fingerprint density at radius 1 is 1.15 bits per heavy atom. The van der Waals surface area contributed by atoms with Crippen LogP contribution in [0.3, 0.4) is 0 Å². The number of aldehydes is 1. The van der Waals surface area contributed by atoms with E-state index >= 15 is 0 Å². The lowest BCUT2D eigenvalue weighted by Gasteiger charge is -2.12. The van der Waals surface area contributed by atoms with Gasteiger partial charge in [-0.2, -0.15) is 0 Å². The summed E-state index contributed by atoms with van der Waals surface area (Å²) in [6.45, 7) is 5.82. The Bertz CT molecular complexity index is 684. The van der Waals surface area contributed by atoms with E-state index in [1.165, 1.54) is 0 Å². The Labute approximate surface area is 119 Å². The molecule has 0 saturated heterocycles. The Balaban J connectivity index is 2.59. The molecule has 2 rings (SSSR count). The summed E-state index contributed by atoms with van der Waals surface area (Å²) in [6, 6.07) is 13.5. The van der Waals surface area contributed by atoms with Gasteiger partial charge in [-0.1, -0.05) is 49.1 Å². The second kappa shape index (κ2) is 6.02. The third-order valence-corrected chi connectivity index (χ3v) is 3.28. The van der Waals surface area contributed by atoms with E-state index in [4.69, 9.17) is 5.73 Å². The number of benzene rings is 2. The summed E-state index contributed by atoms with van der Waals surface area (Å²) in [7, 11) is 0. The molecular weight excluding hydrogens is 246 g/mol. The fourth-order valence-electron chi connectivity index (χ4n) is 2.24. The minimum absolute atomic E-state index is 0.496. The molecule has 0 heterocycles. The molecule has 0 aliphatic rings. The summed E-state index contributed by atoms with van der Waals surface area (Å²) in [5.74, 6) is 0. The first-order chi connectivity index (χ1) is 9.71. The van der Waals surface area contributed by atoms with E-state index in [2.05, 4.69) is 6.58 Å². The van der Waals surface area contributed by atoms with Crippen LogP contribution in [0.1, 0.15) is 34.0 Å². The highest BCUT2D eigenvalue weighted by molar-refractivity contribution is 5.89. The molecule has 2 heteroatoms. The van der Waals surface area contributed by atoms with Crippen molar-refractivity contribution in [2.75, 3.05) is 5.73 Å². The first kappa shape index (κ1) is 13.8. The molecule has 0 amide bonds. The third-order valence-electron chi connectivity index (χ3n) is 3.28. The van der Waals surface area contributed by atoms with E-state index < -0.39 is 0 Å². The molecule has 20 heavy (non-hydrogen) atoms. The van der Waals surface area contributed by atoms with Crippen LogP contribution in [0.2, 0.25) is 0 Å². The number of hydrogen-bond acceptors (Lipinski definition) is 2. The van der Waals surface area contributed by atoms with Gasteiger partial charge in [0.1, 0.15) is 0 Å². The SMILES string of the molecule is C=Cc1ccccc1/C(=C\C)c1ccc(N)c(C=O)c1. The fourth-order valence-corrected chi connectivity index (χ4v) is 2.24. The van der Waals surface area contributed by atoms with Gasteiger partial charge in [0, 0.05) is 11.3 Å². The number of hydrogen-bond donors (Lipinski definition) is 1. The van der Waals surface area contributed by atoms with Gasteiger partial charge in [0.2, 0.25) is 0 Å². The van der Waals surface area contributed by atoms with Crippen molar-refractivity contribution in [3.63, 3.8) is 0 Å². The average Bonchev–Trinajstić information content (AvgIpc) is 2.50. The third kappa shape index (κ3) is 2.54. The summed E-state index contributed by atoms with van der Waals surface area (Å²) in [5, 5.41) is 0. The molecule has 0 aliphatic carbocycles. The summed E-state index contributed by atoms with van der Waals surface area (Å²) in [4.78, 5) is 11.0. The Morgan fingerprint density at radius 2 is 1.90 bits per heavy atom. The van der Waals surface area contributed by atoms with Gasteiger partial charge in [0.15, 0.2) is 6.29 Å². The summed E-state index contributed by atoms with van der Waals surface area (Å²) >= 11 is 0. The van der Waals surface area contributed by atoms with E-state index in [1.54, 1.807) is 6.07 Å². The second-order valence-corrected chi connectivity index (χ2v) is 4.46. The van der Waals surface area contributed by atoms with Gasteiger partial charge in [-0.15, -0.1) is 0 Å². The van der Waals surface area contributed by atoms with E-state index in [0.29, 0.717) is 11.3 Å². The van der Waals surface area contributed by atoms with Crippen LogP contribution in [-0.2, 0) is 0 Å². The molecule has 0 saturated carbocycles. The number of nitrogens with two attached hydrogens (primary N) is 1. The molecule has 0 aliphatic heterocycles. The van der Waals surface area contributed by atoms with Crippen LogP contribution >= 0.6 is 0 Å². The first-order valence-electron chi connectivity index (χ1n) is 6.44. The molecule has 100 valence electrons. The lowest BCUT2D eigenvalue weighted by molar-refractivity contribution is 0.112. The number of anilines is 1. The molecule has 0 radical (unpaired) electrons. The maximum absolute atomic E-state index is 11.0. The summed E-state index contributed by atoms with van der Waals surface area (Å²) in [6.07, 6.45) is 4.64. The van der Waals surface area contributed by atoms with E-state index in [1.807, 2.05) is 55.5 Å². The first-order valence-corrected chi connectivity index (χ1v) is 6.44. The molecule has 2 aromatic rings. The number of nitrogen functional groups attached to an aromatic ring is 1. The number of carbonyl (C=O) groups excluding carboxylic acids is 1. The van der Waals surface area contributed by atoms with Gasteiger partial charge in [0.25, 0.3) is 0 Å². The topological polar surface area (TPSA) is 43.1 Å². The van der Waals surface area contributed by atoms with Crippen LogP contribution in [0.5, 0.6) is 0 Å². The van der Waals surface area contributed by atoms with Crippen molar-refractivity contribution in [2.24, 2.45) is 0 Å². The highest BCUT2D eigenvalue weighted by Crippen LogP contribution is 2.28. The summed E-state index contributed by atoms with van der Waals surface area (Å²) in [5.41, 5.74) is 11.0. The zero-order valence-electron chi connectivity index (χ0n) is 11.5. The normalized spacial score (nSPS) is 11.2. The van der Waals surface area contributed by atoms with Crippen molar-refractivity contribution < 1.29 is 4.79 Å². The number of carbonyl (C=O) groups is 1. The van der Waals surface area contributed by atoms with E-state index in [9.17, 15) is 4.79 Å². The lowest BCUT2D eigenvalue weighted by Crippen LogP contribution is -1.96. The Hall–Kier alpha value is -2.61. The van der Waals surface area contributed by atoms with Crippen LogP contribution in [0, 0.1) is 0 Å². The smallest absolute Gasteiger partial charge is 0.152 e. The predicted octanol–water partition coefficient (Wildman–Crippen LogP) is 4.18. The van der Waals surface area contributed by atoms with Crippen LogP contribution in [0.25, 0.3) is 11.6 Å². The maximum atomic E-state index is 11.0. The van der Waals surface area contributed by atoms with Gasteiger partial charge in [-0.3, -0.25) is 4.79 Å². The molecule has 0 fully saturated rings. The van der Waals surface area contributed by atoms with E-state index in [0.717, 1.165) is 28.5 Å². The number of rotatable bonds is 4.